The molecule has 0 aliphatic heterocycles. The molecule has 0 saturated heterocycles. The smallest absolute Gasteiger partial charge is 0.261 e. The van der Waals surface area contributed by atoms with E-state index >= 15 is 0 Å². The molecular weight excluding hydrogens is 371 g/mol. The lowest BCUT2D eigenvalue weighted by molar-refractivity contribution is 0.0943. The number of sulfonamides is 1. The van der Waals surface area contributed by atoms with Crippen LogP contribution >= 0.6 is 23.2 Å². The van der Waals surface area contributed by atoms with E-state index in [0.717, 1.165) is 0 Å². The van der Waals surface area contributed by atoms with E-state index in [9.17, 15) is 13.2 Å². The first kappa shape index (κ1) is 18.6. The van der Waals surface area contributed by atoms with Gasteiger partial charge in [-0.05, 0) is 56.3 Å². The molecule has 2 aromatic rings. The van der Waals surface area contributed by atoms with Crippen molar-refractivity contribution < 1.29 is 13.2 Å². The first-order chi connectivity index (χ1) is 11.2. The average Bonchev–Trinajstić information content (AvgIpc) is 2.50. The largest absolute Gasteiger partial charge is 0.350 e. The van der Waals surface area contributed by atoms with Crippen molar-refractivity contribution in [2.45, 2.75) is 24.8 Å². The third kappa shape index (κ3) is 4.63. The first-order valence-electron chi connectivity index (χ1n) is 7.08. The van der Waals surface area contributed by atoms with E-state index in [2.05, 4.69) is 10.0 Å². The molecule has 24 heavy (non-hydrogen) atoms. The van der Waals surface area contributed by atoms with Crippen LogP contribution in [-0.2, 0) is 10.0 Å². The normalized spacial score (nSPS) is 11.4. The highest BCUT2D eigenvalue weighted by Gasteiger charge is 2.17. The molecule has 2 N–H and O–H groups in total. The Morgan fingerprint density at radius 1 is 1.04 bits per heavy atom. The van der Waals surface area contributed by atoms with E-state index in [1.54, 1.807) is 6.07 Å². The molecule has 1 amide bonds. The second-order valence-corrected chi connectivity index (χ2v) is 7.91. The number of hydrogen-bond acceptors (Lipinski definition) is 3. The highest BCUT2D eigenvalue weighted by Crippen LogP contribution is 2.27. The van der Waals surface area contributed by atoms with Gasteiger partial charge < -0.3 is 5.32 Å². The summed E-state index contributed by atoms with van der Waals surface area (Å²) >= 11 is 11.8. The minimum Gasteiger partial charge on any atom is -0.350 e. The van der Waals surface area contributed by atoms with Crippen LogP contribution in [0.2, 0.25) is 10.0 Å². The Kier molecular flexibility index (Phi) is 5.74. The molecule has 0 aliphatic rings. The molecule has 0 bridgehead atoms. The fraction of sp³-hybridized carbons (Fsp3) is 0.188. The number of carbonyl (C=O) groups excluding carboxylic acids is 1. The summed E-state index contributed by atoms with van der Waals surface area (Å²) < 4.78 is 27.2. The van der Waals surface area contributed by atoms with Crippen molar-refractivity contribution in [1.82, 2.24) is 5.32 Å². The zero-order valence-corrected chi connectivity index (χ0v) is 15.3. The SMILES string of the molecule is CC(C)NC(=O)c1ccc(S(=O)(=O)Nc2cc(Cl)ccc2Cl)cc1. The zero-order chi connectivity index (χ0) is 17.9. The Morgan fingerprint density at radius 3 is 2.25 bits per heavy atom. The van der Waals surface area contributed by atoms with Crippen LogP contribution in [-0.4, -0.2) is 20.4 Å². The lowest BCUT2D eigenvalue weighted by Crippen LogP contribution is -2.30. The summed E-state index contributed by atoms with van der Waals surface area (Å²) in [7, 11) is -3.84. The van der Waals surface area contributed by atoms with Crippen molar-refractivity contribution in [1.29, 1.82) is 0 Å². The molecule has 0 spiro atoms. The maximum absolute atomic E-state index is 12.4. The molecule has 0 atom stereocenters. The number of amides is 1. The van der Waals surface area contributed by atoms with Crippen molar-refractivity contribution in [2.75, 3.05) is 4.72 Å². The van der Waals surface area contributed by atoms with Gasteiger partial charge in [0, 0.05) is 16.6 Å². The van der Waals surface area contributed by atoms with Gasteiger partial charge in [-0.1, -0.05) is 23.2 Å². The fourth-order valence-corrected chi connectivity index (χ4v) is 3.37. The van der Waals surface area contributed by atoms with Crippen LogP contribution < -0.4 is 10.0 Å². The molecule has 0 aliphatic carbocycles. The quantitative estimate of drug-likeness (QED) is 0.816. The number of rotatable bonds is 5. The number of anilines is 1. The van der Waals surface area contributed by atoms with Crippen molar-refractivity contribution in [2.24, 2.45) is 0 Å². The highest BCUT2D eigenvalue weighted by atomic mass is 35.5. The van der Waals surface area contributed by atoms with Crippen LogP contribution in [0.3, 0.4) is 0 Å². The van der Waals surface area contributed by atoms with Gasteiger partial charge in [-0.2, -0.15) is 0 Å². The van der Waals surface area contributed by atoms with Crippen molar-refractivity contribution in [3.8, 4) is 0 Å². The van der Waals surface area contributed by atoms with E-state index in [4.69, 9.17) is 23.2 Å². The van der Waals surface area contributed by atoms with E-state index in [0.29, 0.717) is 10.6 Å². The lowest BCUT2D eigenvalue weighted by atomic mass is 10.2. The average molecular weight is 387 g/mol. The van der Waals surface area contributed by atoms with Crippen LogP contribution in [0.15, 0.2) is 47.4 Å². The first-order valence-corrected chi connectivity index (χ1v) is 9.32. The molecule has 0 fully saturated rings. The van der Waals surface area contributed by atoms with E-state index < -0.39 is 10.0 Å². The molecule has 128 valence electrons. The molecule has 0 heterocycles. The summed E-state index contributed by atoms with van der Waals surface area (Å²) in [5.74, 6) is -0.264. The molecule has 2 aromatic carbocycles. The summed E-state index contributed by atoms with van der Waals surface area (Å²) in [6.07, 6.45) is 0. The molecular formula is C16H16Cl2N2O3S. The maximum Gasteiger partial charge on any atom is 0.261 e. The number of benzene rings is 2. The van der Waals surface area contributed by atoms with Gasteiger partial charge in [-0.3, -0.25) is 9.52 Å². The van der Waals surface area contributed by atoms with Crippen LogP contribution in [0, 0.1) is 0 Å². The van der Waals surface area contributed by atoms with Crippen LogP contribution in [0.5, 0.6) is 0 Å². The van der Waals surface area contributed by atoms with Gasteiger partial charge in [0.25, 0.3) is 15.9 Å². The van der Waals surface area contributed by atoms with E-state index in [-0.39, 0.29) is 27.6 Å². The molecule has 5 nitrogen and oxygen atoms in total. The lowest BCUT2D eigenvalue weighted by Gasteiger charge is -2.11. The summed E-state index contributed by atoms with van der Waals surface area (Å²) in [4.78, 5) is 11.9. The Bertz CT molecular complexity index is 850. The fourth-order valence-electron chi connectivity index (χ4n) is 1.91. The van der Waals surface area contributed by atoms with Crippen LogP contribution in [0.25, 0.3) is 0 Å². The monoisotopic (exact) mass is 386 g/mol. The molecule has 0 aromatic heterocycles. The van der Waals surface area contributed by atoms with Crippen molar-refractivity contribution in [3.05, 3.63) is 58.1 Å². The second-order valence-electron chi connectivity index (χ2n) is 5.38. The Morgan fingerprint density at radius 2 is 1.67 bits per heavy atom. The van der Waals surface area contributed by atoms with E-state index in [1.165, 1.54) is 36.4 Å². The molecule has 2 rings (SSSR count). The van der Waals surface area contributed by atoms with Gasteiger partial charge in [-0.15, -0.1) is 0 Å². The zero-order valence-electron chi connectivity index (χ0n) is 13.0. The third-order valence-corrected chi connectivity index (χ3v) is 4.97. The Hall–Kier alpha value is -1.76. The predicted octanol–water partition coefficient (Wildman–Crippen LogP) is 3.93. The highest BCUT2D eigenvalue weighted by molar-refractivity contribution is 7.92. The van der Waals surface area contributed by atoms with Gasteiger partial charge in [0.05, 0.1) is 15.6 Å². The summed E-state index contributed by atoms with van der Waals surface area (Å²) in [5, 5.41) is 3.33. The Labute approximate surface area is 151 Å². The third-order valence-electron chi connectivity index (χ3n) is 3.02. The topological polar surface area (TPSA) is 75.3 Å². The minimum atomic E-state index is -3.84. The van der Waals surface area contributed by atoms with Gasteiger partial charge >= 0.3 is 0 Å². The van der Waals surface area contributed by atoms with Gasteiger partial charge in [0.2, 0.25) is 0 Å². The van der Waals surface area contributed by atoms with Gasteiger partial charge in [-0.25, -0.2) is 8.42 Å². The molecule has 8 heteroatoms. The number of nitrogens with one attached hydrogen (secondary N) is 2. The summed E-state index contributed by atoms with van der Waals surface area (Å²) in [5.41, 5.74) is 0.564. The molecule has 0 saturated carbocycles. The minimum absolute atomic E-state index is 0.00690. The van der Waals surface area contributed by atoms with E-state index in [1.807, 2.05) is 13.8 Å². The van der Waals surface area contributed by atoms with Crippen molar-refractivity contribution in [3.63, 3.8) is 0 Å². The van der Waals surface area contributed by atoms with Crippen molar-refractivity contribution >= 4 is 44.8 Å². The summed E-state index contributed by atoms with van der Waals surface area (Å²) in [6.45, 7) is 3.69. The predicted molar refractivity (Wildman–Crippen MR) is 96.3 cm³/mol. The Balaban J connectivity index is 2.23. The number of hydrogen-bond donors (Lipinski definition) is 2. The molecule has 0 radical (unpaired) electrons. The summed E-state index contributed by atoms with van der Waals surface area (Å²) in [6, 6.07) is 10.1. The van der Waals surface area contributed by atoms with Crippen LogP contribution in [0.1, 0.15) is 24.2 Å². The second kappa shape index (κ2) is 7.42. The number of halogens is 2. The maximum atomic E-state index is 12.4. The van der Waals surface area contributed by atoms with Gasteiger partial charge in [0.1, 0.15) is 0 Å². The standard InChI is InChI=1S/C16H16Cl2N2O3S/c1-10(2)19-16(21)11-3-6-13(7-4-11)24(22,23)20-15-9-12(17)5-8-14(15)18/h3-10,20H,1-2H3,(H,19,21). The van der Waals surface area contributed by atoms with Gasteiger partial charge in [0.15, 0.2) is 0 Å². The molecule has 0 unspecified atom stereocenters. The number of carbonyl (C=O) groups is 1. The van der Waals surface area contributed by atoms with Crippen LogP contribution in [0.4, 0.5) is 5.69 Å².